The van der Waals surface area contributed by atoms with Gasteiger partial charge in [0.1, 0.15) is 6.79 Å². The molecule has 0 unspecified atom stereocenters. The molecule has 54 valence electrons. The molecule has 0 saturated heterocycles. The molecule has 0 saturated carbocycles. The summed E-state index contributed by atoms with van der Waals surface area (Å²) in [6.45, 7) is 5.44. The molecule has 3 nitrogen and oxygen atoms in total. The van der Waals surface area contributed by atoms with Crippen LogP contribution in [0.1, 0.15) is 21.3 Å². The van der Waals surface area contributed by atoms with Crippen LogP contribution in [0.25, 0.3) is 0 Å². The van der Waals surface area contributed by atoms with Gasteiger partial charge >= 0.3 is 0 Å². The quantitative estimate of drug-likeness (QED) is 0.494. The zero-order chi connectivity index (χ0) is 5.58. The van der Waals surface area contributed by atoms with Gasteiger partial charge in [0.15, 0.2) is 0 Å². The Morgan fingerprint density at radius 2 is 1.38 bits per heavy atom. The van der Waals surface area contributed by atoms with E-state index in [1.165, 1.54) is 0 Å². The van der Waals surface area contributed by atoms with E-state index < -0.39 is 0 Å². The van der Waals surface area contributed by atoms with E-state index in [0.29, 0.717) is 0 Å². The van der Waals surface area contributed by atoms with Crippen LogP contribution in [0.15, 0.2) is 0 Å². The molecule has 0 aromatic carbocycles. The average Bonchev–Trinajstić information content (AvgIpc) is 1.41. The largest absolute Gasteiger partial charge is 0.412 e. The first-order valence-corrected chi connectivity index (χ1v) is 1.70. The number of hydrogen-bond acceptors (Lipinski definition) is 2. The fourth-order valence-electron chi connectivity index (χ4n) is 0. The van der Waals surface area contributed by atoms with Crippen molar-refractivity contribution in [2.24, 2.45) is 0 Å². The van der Waals surface area contributed by atoms with E-state index in [4.69, 9.17) is 9.90 Å². The lowest BCUT2D eigenvalue weighted by molar-refractivity contribution is -0.0979. The number of carbonyl (C=O) groups excluding carboxylic acids is 1. The zero-order valence-electron chi connectivity index (χ0n) is 4.64. The summed E-state index contributed by atoms with van der Waals surface area (Å²) in [5, 5.41) is 8.06. The van der Waals surface area contributed by atoms with Crippen LogP contribution in [0.5, 0.6) is 0 Å². The number of hydrogen-bond donors (Lipinski definition) is 1. The van der Waals surface area contributed by atoms with Gasteiger partial charge in [-0.2, -0.15) is 0 Å². The smallest absolute Gasteiger partial charge is 0.106 e. The van der Waals surface area contributed by atoms with Gasteiger partial charge in [0, 0.05) is 6.10 Å². The van der Waals surface area contributed by atoms with Crippen LogP contribution >= 0.6 is 0 Å². The maximum atomic E-state index is 8.06. The summed E-state index contributed by atoms with van der Waals surface area (Å²) in [6.07, 6.45) is -0.167. The van der Waals surface area contributed by atoms with Crippen LogP contribution in [0.4, 0.5) is 0 Å². The second kappa shape index (κ2) is 30.7. The van der Waals surface area contributed by atoms with Crippen LogP contribution in [0.3, 0.4) is 0 Å². The first kappa shape index (κ1) is 25.6. The van der Waals surface area contributed by atoms with Gasteiger partial charge in [-0.15, -0.1) is 0 Å². The second-order valence-corrected chi connectivity index (χ2v) is 1.09. The lowest BCUT2D eigenvalue weighted by Gasteiger charge is -1.80. The van der Waals surface area contributed by atoms with Crippen molar-refractivity contribution < 1.29 is 15.4 Å². The highest BCUT2D eigenvalue weighted by Gasteiger charge is 1.69. The molecule has 0 spiro atoms. The Morgan fingerprint density at radius 1 is 1.38 bits per heavy atom. The number of carbonyl (C=O) groups is 1. The Labute approximate surface area is 50.6 Å². The van der Waals surface area contributed by atoms with E-state index in [9.17, 15) is 0 Å². The lowest BCUT2D eigenvalue weighted by atomic mass is 10.5. The molecule has 8 heavy (non-hydrogen) atoms. The molecule has 0 rings (SSSR count). The second-order valence-electron chi connectivity index (χ2n) is 1.09. The molecule has 0 heterocycles. The summed E-state index contributed by atoms with van der Waals surface area (Å²) in [6, 6.07) is 0. The Hall–Kier alpha value is -0.410. The lowest BCUT2D eigenvalue weighted by Crippen LogP contribution is -1.85. The van der Waals surface area contributed by atoms with Gasteiger partial charge < -0.3 is 15.4 Å². The topological polar surface area (TPSA) is 68.8 Å². The van der Waals surface area contributed by atoms with Gasteiger partial charge in [0.25, 0.3) is 0 Å². The minimum absolute atomic E-state index is 0. The van der Waals surface area contributed by atoms with Gasteiger partial charge in [-0.3, -0.25) is 0 Å². The predicted molar refractivity (Wildman–Crippen MR) is 34.8 cm³/mol. The van der Waals surface area contributed by atoms with Crippen LogP contribution in [-0.2, 0) is 4.79 Å². The Kier molecular flexibility index (Phi) is 98.1. The first-order valence-electron chi connectivity index (χ1n) is 1.70. The summed E-state index contributed by atoms with van der Waals surface area (Å²) in [7, 11) is 0. The first-order chi connectivity index (χ1) is 2.73. The van der Waals surface area contributed by atoms with E-state index in [2.05, 4.69) is 0 Å². The molecule has 3 N–H and O–H groups in total. The van der Waals surface area contributed by atoms with Crippen molar-refractivity contribution in [3.8, 4) is 0 Å². The minimum atomic E-state index is -0.167. The molecular formula is C5H16O3. The van der Waals surface area contributed by atoms with E-state index in [1.54, 1.807) is 13.8 Å². The Balaban J connectivity index is -0.0000000183. The van der Waals surface area contributed by atoms with Crippen LogP contribution in [0.2, 0.25) is 0 Å². The highest BCUT2D eigenvalue weighted by molar-refractivity contribution is 5.10. The fraction of sp³-hybridized carbons (Fsp3) is 0.800. The maximum Gasteiger partial charge on any atom is 0.106 e. The van der Waals surface area contributed by atoms with Crippen molar-refractivity contribution in [2.75, 3.05) is 0 Å². The van der Waals surface area contributed by atoms with Crippen molar-refractivity contribution >= 4 is 6.79 Å². The predicted octanol–water partition coefficient (Wildman–Crippen LogP) is 0.0136. The fourth-order valence-corrected chi connectivity index (χ4v) is 0. The molecule has 0 amide bonds. The van der Waals surface area contributed by atoms with E-state index in [1.807, 2.05) is 6.79 Å². The molecule has 0 aromatic rings. The molecule has 0 bridgehead atoms. The zero-order valence-corrected chi connectivity index (χ0v) is 4.64. The highest BCUT2D eigenvalue weighted by atomic mass is 16.3. The van der Waals surface area contributed by atoms with E-state index in [-0.39, 0.29) is 19.0 Å². The Bertz CT molecular complexity index is 18.9. The number of rotatable bonds is 0. The highest BCUT2D eigenvalue weighted by Crippen LogP contribution is 1.65. The minimum Gasteiger partial charge on any atom is -0.412 e. The molecule has 0 aromatic heterocycles. The molecule has 0 aliphatic heterocycles. The molecule has 0 fully saturated rings. The van der Waals surface area contributed by atoms with Crippen molar-refractivity contribution in [1.82, 2.24) is 0 Å². The molecule has 0 radical (unpaired) electrons. The Morgan fingerprint density at radius 3 is 1.38 bits per heavy atom. The summed E-state index contributed by atoms with van der Waals surface area (Å²) in [5.41, 5.74) is 0. The van der Waals surface area contributed by atoms with Crippen molar-refractivity contribution in [2.45, 2.75) is 27.4 Å². The van der Waals surface area contributed by atoms with Crippen molar-refractivity contribution in [1.29, 1.82) is 0 Å². The van der Waals surface area contributed by atoms with Crippen LogP contribution in [-0.4, -0.2) is 23.5 Å². The third-order valence-corrected chi connectivity index (χ3v) is 0. The summed E-state index contributed by atoms with van der Waals surface area (Å²) >= 11 is 0. The van der Waals surface area contributed by atoms with Crippen molar-refractivity contribution in [3.63, 3.8) is 0 Å². The van der Waals surface area contributed by atoms with Gasteiger partial charge in [0.2, 0.25) is 0 Å². The van der Waals surface area contributed by atoms with Gasteiger partial charge in [-0.25, -0.2) is 0 Å². The normalized spacial score (nSPS) is 5.00. The van der Waals surface area contributed by atoms with E-state index >= 15 is 0 Å². The van der Waals surface area contributed by atoms with Crippen molar-refractivity contribution in [3.05, 3.63) is 0 Å². The van der Waals surface area contributed by atoms with Gasteiger partial charge in [0.05, 0.1) is 0 Å². The molecule has 0 atom stereocenters. The SMILES string of the molecule is C.C=O.CC(C)O.O. The van der Waals surface area contributed by atoms with Crippen LogP contribution < -0.4 is 0 Å². The third-order valence-electron chi connectivity index (χ3n) is 0. The third kappa shape index (κ3) is 701. The van der Waals surface area contributed by atoms with E-state index in [0.717, 1.165) is 0 Å². The maximum absolute atomic E-state index is 8.06. The average molecular weight is 124 g/mol. The molecular weight excluding hydrogens is 108 g/mol. The molecule has 3 heteroatoms. The molecule has 0 aliphatic rings. The molecule has 0 aliphatic carbocycles. The number of aliphatic hydroxyl groups excluding tert-OH is 1. The summed E-state index contributed by atoms with van der Waals surface area (Å²) < 4.78 is 0. The van der Waals surface area contributed by atoms with Gasteiger partial charge in [-0.05, 0) is 13.8 Å². The standard InChI is InChI=1S/C3H8O.CH2O.CH4.H2O/c1-3(2)4;1-2;;/h3-4H,1-2H3;1H2;1H4;1H2. The van der Waals surface area contributed by atoms with Crippen LogP contribution in [0, 0.1) is 0 Å². The monoisotopic (exact) mass is 124 g/mol. The van der Waals surface area contributed by atoms with Gasteiger partial charge in [-0.1, -0.05) is 7.43 Å². The summed E-state index contributed by atoms with van der Waals surface area (Å²) in [5.74, 6) is 0. The number of aliphatic hydroxyl groups is 1. The summed E-state index contributed by atoms with van der Waals surface area (Å²) in [4.78, 5) is 8.00.